The maximum absolute atomic E-state index is 12.1. The van der Waals surface area contributed by atoms with Gasteiger partial charge in [0, 0.05) is 5.56 Å². The van der Waals surface area contributed by atoms with Crippen LogP contribution >= 0.6 is 58.2 Å². The summed E-state index contributed by atoms with van der Waals surface area (Å²) in [5, 5.41) is 3.16. The molecule has 1 saturated heterocycles. The molecular formula is C24H17Cl4NO4S. The maximum Gasteiger partial charge on any atom is 0.286 e. The third-order valence-corrected chi connectivity index (χ3v) is 7.59. The molecule has 10 heteroatoms. The Hall–Kier alpha value is -2.09. The van der Waals surface area contributed by atoms with E-state index in [2.05, 4.69) is 5.32 Å². The van der Waals surface area contributed by atoms with Crippen LogP contribution in [0.2, 0.25) is 20.1 Å². The van der Waals surface area contributed by atoms with Gasteiger partial charge < -0.3 is 9.47 Å². The van der Waals surface area contributed by atoms with Crippen LogP contribution in [-0.4, -0.2) is 16.4 Å². The third kappa shape index (κ3) is 6.12. The monoisotopic (exact) mass is 555 g/mol. The molecule has 1 unspecified atom stereocenters. The van der Waals surface area contributed by atoms with Crippen molar-refractivity contribution in [2.45, 2.75) is 24.9 Å². The Morgan fingerprint density at radius 3 is 2.38 bits per heavy atom. The average Bonchev–Trinajstić information content (AvgIpc) is 3.12. The van der Waals surface area contributed by atoms with Gasteiger partial charge in [0.1, 0.15) is 24.7 Å². The molecule has 3 aromatic carbocycles. The summed E-state index contributed by atoms with van der Waals surface area (Å²) >= 11 is 25.4. The average molecular weight is 557 g/mol. The van der Waals surface area contributed by atoms with Gasteiger partial charge in [-0.1, -0.05) is 76.4 Å². The van der Waals surface area contributed by atoms with E-state index in [1.54, 1.807) is 42.5 Å². The number of thioether (sulfide) groups is 1. The molecule has 1 fully saturated rings. The Labute approximate surface area is 220 Å². The van der Waals surface area contributed by atoms with Gasteiger partial charge in [-0.25, -0.2) is 0 Å². The van der Waals surface area contributed by atoms with Crippen LogP contribution in [0.1, 0.15) is 16.7 Å². The van der Waals surface area contributed by atoms with Gasteiger partial charge in [-0.05, 0) is 53.9 Å². The van der Waals surface area contributed by atoms with E-state index in [1.807, 2.05) is 12.1 Å². The molecule has 0 aliphatic carbocycles. The molecule has 2 amide bonds. The summed E-state index contributed by atoms with van der Waals surface area (Å²) in [5.74, 6) is 0.789. The van der Waals surface area contributed by atoms with E-state index >= 15 is 0 Å². The van der Waals surface area contributed by atoms with Crippen LogP contribution in [0.3, 0.4) is 0 Å². The van der Waals surface area contributed by atoms with Crippen molar-refractivity contribution in [3.05, 3.63) is 91.4 Å². The van der Waals surface area contributed by atoms with E-state index < -0.39 is 5.25 Å². The molecule has 5 nitrogen and oxygen atoms in total. The molecule has 1 N–H and O–H groups in total. The van der Waals surface area contributed by atoms with E-state index in [0.29, 0.717) is 31.6 Å². The summed E-state index contributed by atoms with van der Waals surface area (Å²) in [7, 11) is 0. The number of benzene rings is 3. The quantitative estimate of drug-likeness (QED) is 0.314. The molecule has 176 valence electrons. The molecule has 34 heavy (non-hydrogen) atoms. The Morgan fingerprint density at radius 1 is 0.824 bits per heavy atom. The minimum Gasteiger partial charge on any atom is -0.489 e. The van der Waals surface area contributed by atoms with Gasteiger partial charge in [-0.15, -0.1) is 0 Å². The van der Waals surface area contributed by atoms with Gasteiger partial charge in [-0.2, -0.15) is 0 Å². The van der Waals surface area contributed by atoms with Gasteiger partial charge in [0.15, 0.2) is 0 Å². The van der Waals surface area contributed by atoms with Crippen molar-refractivity contribution in [1.82, 2.24) is 5.32 Å². The number of ether oxygens (including phenoxy) is 2. The van der Waals surface area contributed by atoms with Crippen molar-refractivity contribution in [1.29, 1.82) is 0 Å². The normalized spacial score (nSPS) is 15.4. The topological polar surface area (TPSA) is 64.6 Å². The molecule has 1 aliphatic heterocycles. The fraction of sp³-hybridized carbons (Fsp3) is 0.167. The lowest BCUT2D eigenvalue weighted by molar-refractivity contribution is -0.118. The fourth-order valence-electron chi connectivity index (χ4n) is 3.28. The maximum atomic E-state index is 12.1. The summed E-state index contributed by atoms with van der Waals surface area (Å²) in [6.45, 7) is 0.449. The van der Waals surface area contributed by atoms with Crippen LogP contribution in [0.25, 0.3) is 0 Å². The number of halogens is 4. The fourth-order valence-corrected chi connectivity index (χ4v) is 4.83. The largest absolute Gasteiger partial charge is 0.489 e. The van der Waals surface area contributed by atoms with E-state index in [-0.39, 0.29) is 30.8 Å². The lowest BCUT2D eigenvalue weighted by Gasteiger charge is -2.16. The summed E-state index contributed by atoms with van der Waals surface area (Å²) in [6, 6.07) is 15.9. The van der Waals surface area contributed by atoms with Crippen LogP contribution in [0, 0.1) is 0 Å². The van der Waals surface area contributed by atoms with E-state index in [4.69, 9.17) is 55.9 Å². The second-order valence-electron chi connectivity index (χ2n) is 7.40. The molecule has 1 heterocycles. The SMILES string of the molecule is O=C1NC(=O)C(Cc2cc(OCc3cccc(Cl)c3Cl)ccc2OCc2ccc(Cl)c(Cl)c2)S1. The third-order valence-electron chi connectivity index (χ3n) is 5.01. The van der Waals surface area contributed by atoms with Crippen LogP contribution in [0.4, 0.5) is 4.79 Å². The zero-order chi connectivity index (χ0) is 24.2. The Bertz CT molecular complexity index is 1250. The highest BCUT2D eigenvalue weighted by Crippen LogP contribution is 2.32. The van der Waals surface area contributed by atoms with Crippen molar-refractivity contribution in [2.75, 3.05) is 0 Å². The van der Waals surface area contributed by atoms with Crippen molar-refractivity contribution >= 4 is 69.3 Å². The number of hydrogen-bond acceptors (Lipinski definition) is 5. The van der Waals surface area contributed by atoms with Gasteiger partial charge in [0.25, 0.3) is 5.24 Å². The van der Waals surface area contributed by atoms with Crippen molar-refractivity contribution in [3.8, 4) is 11.5 Å². The van der Waals surface area contributed by atoms with E-state index in [1.165, 1.54) is 0 Å². The zero-order valence-electron chi connectivity index (χ0n) is 17.4. The molecular weight excluding hydrogens is 540 g/mol. The number of imide groups is 1. The Balaban J connectivity index is 1.54. The lowest BCUT2D eigenvalue weighted by atomic mass is 10.1. The first kappa shape index (κ1) is 25.0. The first-order chi connectivity index (χ1) is 16.3. The number of hydrogen-bond donors (Lipinski definition) is 1. The molecule has 4 rings (SSSR count). The molecule has 0 aromatic heterocycles. The smallest absolute Gasteiger partial charge is 0.286 e. The number of rotatable bonds is 8. The van der Waals surface area contributed by atoms with Crippen LogP contribution in [0.15, 0.2) is 54.6 Å². The number of carbonyl (C=O) groups is 2. The number of nitrogens with one attached hydrogen (secondary N) is 1. The van der Waals surface area contributed by atoms with Gasteiger partial charge in [-0.3, -0.25) is 14.9 Å². The number of amides is 2. The Kier molecular flexibility index (Phi) is 8.17. The summed E-state index contributed by atoms with van der Waals surface area (Å²) in [4.78, 5) is 23.8. The van der Waals surface area contributed by atoms with Gasteiger partial charge in [0.2, 0.25) is 5.91 Å². The molecule has 0 saturated carbocycles. The summed E-state index contributed by atoms with van der Waals surface area (Å²) < 4.78 is 11.9. The van der Waals surface area contributed by atoms with Crippen LogP contribution < -0.4 is 14.8 Å². The molecule has 0 spiro atoms. The highest BCUT2D eigenvalue weighted by molar-refractivity contribution is 8.15. The molecule has 0 radical (unpaired) electrons. The Morgan fingerprint density at radius 2 is 1.65 bits per heavy atom. The van der Waals surface area contributed by atoms with Crippen molar-refractivity contribution in [2.24, 2.45) is 0 Å². The molecule has 1 aliphatic rings. The van der Waals surface area contributed by atoms with Gasteiger partial charge in [0.05, 0.1) is 25.3 Å². The summed E-state index contributed by atoms with van der Waals surface area (Å²) in [6.07, 6.45) is 0.286. The minimum absolute atomic E-state index is 0.208. The highest BCUT2D eigenvalue weighted by atomic mass is 35.5. The van der Waals surface area contributed by atoms with Crippen LogP contribution in [0.5, 0.6) is 11.5 Å². The van der Waals surface area contributed by atoms with Crippen molar-refractivity contribution in [3.63, 3.8) is 0 Å². The van der Waals surface area contributed by atoms with Crippen molar-refractivity contribution < 1.29 is 19.1 Å². The first-order valence-electron chi connectivity index (χ1n) is 10.1. The summed E-state index contributed by atoms with van der Waals surface area (Å²) in [5.41, 5.74) is 2.29. The predicted molar refractivity (Wildman–Crippen MR) is 137 cm³/mol. The second-order valence-corrected chi connectivity index (χ2v) is 10.2. The second kappa shape index (κ2) is 11.1. The minimum atomic E-state index is -0.558. The molecule has 1 atom stereocenters. The van der Waals surface area contributed by atoms with Gasteiger partial charge >= 0.3 is 0 Å². The standard InChI is InChI=1S/C24H17Cl4NO4S/c25-17-6-4-13(8-19(17)27)11-33-20-7-5-16(32-12-14-2-1-3-18(26)22(14)28)9-15(20)10-21-23(30)29-24(31)34-21/h1-9,21H,10-12H2,(H,29,30,31). The highest BCUT2D eigenvalue weighted by Gasteiger charge is 2.32. The molecule has 3 aromatic rings. The number of carbonyl (C=O) groups excluding carboxylic acids is 2. The zero-order valence-corrected chi connectivity index (χ0v) is 21.3. The van der Waals surface area contributed by atoms with E-state index in [0.717, 1.165) is 28.5 Å². The predicted octanol–water partition coefficient (Wildman–Crippen LogP) is 7.35. The first-order valence-corrected chi connectivity index (χ1v) is 12.5. The van der Waals surface area contributed by atoms with E-state index in [9.17, 15) is 9.59 Å². The molecule has 0 bridgehead atoms. The lowest BCUT2D eigenvalue weighted by Crippen LogP contribution is -2.25. The van der Waals surface area contributed by atoms with Crippen LogP contribution in [-0.2, 0) is 24.4 Å².